The molecule has 1 atom stereocenters. The van der Waals surface area contributed by atoms with Gasteiger partial charge in [-0.1, -0.05) is 47.5 Å². The number of hydrogen-bond acceptors (Lipinski definition) is 2. The Hall–Kier alpha value is -1.22. The summed E-state index contributed by atoms with van der Waals surface area (Å²) < 4.78 is 5.34. The third-order valence-corrected chi connectivity index (χ3v) is 3.95. The van der Waals surface area contributed by atoms with E-state index in [1.165, 1.54) is 0 Å². The molecule has 0 saturated carbocycles. The van der Waals surface area contributed by atoms with Crippen molar-refractivity contribution < 1.29 is 4.74 Å². The first-order valence-corrected chi connectivity index (χ1v) is 7.18. The van der Waals surface area contributed by atoms with E-state index in [4.69, 9.17) is 27.9 Å². The number of ether oxygens (including phenoxy) is 1. The molecule has 0 fully saturated rings. The lowest BCUT2D eigenvalue weighted by atomic mass is 10.1. The molecule has 0 aromatic heterocycles. The van der Waals surface area contributed by atoms with Gasteiger partial charge < -0.3 is 10.1 Å². The second-order valence-electron chi connectivity index (χ2n) is 4.54. The first-order chi connectivity index (χ1) is 9.63. The molecule has 1 N–H and O–H groups in total. The van der Waals surface area contributed by atoms with Crippen LogP contribution in [0, 0.1) is 0 Å². The molecule has 2 nitrogen and oxygen atoms in total. The lowest BCUT2D eigenvalue weighted by molar-refractivity contribution is 0.406. The zero-order valence-corrected chi connectivity index (χ0v) is 13.0. The molecule has 4 heteroatoms. The summed E-state index contributed by atoms with van der Waals surface area (Å²) in [5.41, 5.74) is 2.02. The molecule has 106 valence electrons. The molecular formula is C16H17Cl2NO. The minimum absolute atomic E-state index is 0.129. The molecule has 0 radical (unpaired) electrons. The molecule has 20 heavy (non-hydrogen) atoms. The van der Waals surface area contributed by atoms with Crippen molar-refractivity contribution in [3.63, 3.8) is 0 Å². The third-order valence-electron chi connectivity index (χ3n) is 3.25. The number of rotatable bonds is 5. The average Bonchev–Trinajstić information content (AvgIpc) is 2.46. The smallest absolute Gasteiger partial charge is 0.124 e. The summed E-state index contributed by atoms with van der Waals surface area (Å²) in [6.45, 7) is 2.69. The maximum Gasteiger partial charge on any atom is 0.124 e. The fraction of sp³-hybridized carbons (Fsp3) is 0.250. The second-order valence-corrected chi connectivity index (χ2v) is 5.36. The van der Waals surface area contributed by atoms with Crippen LogP contribution in [0.5, 0.6) is 5.75 Å². The van der Waals surface area contributed by atoms with Crippen molar-refractivity contribution in [2.75, 3.05) is 7.11 Å². The molecule has 0 aliphatic heterocycles. The summed E-state index contributed by atoms with van der Waals surface area (Å²) in [5, 5.41) is 4.88. The number of nitrogens with one attached hydrogen (secondary N) is 1. The van der Waals surface area contributed by atoms with Gasteiger partial charge in [-0.2, -0.15) is 0 Å². The van der Waals surface area contributed by atoms with Gasteiger partial charge in [0.1, 0.15) is 5.75 Å². The molecule has 2 aromatic rings. The Labute approximate surface area is 129 Å². The highest BCUT2D eigenvalue weighted by Crippen LogP contribution is 2.28. The van der Waals surface area contributed by atoms with Crippen molar-refractivity contribution in [3.05, 3.63) is 63.6 Å². The highest BCUT2D eigenvalue weighted by Gasteiger charge is 2.12. The van der Waals surface area contributed by atoms with Gasteiger partial charge in [0.15, 0.2) is 0 Å². The topological polar surface area (TPSA) is 21.3 Å². The van der Waals surface area contributed by atoms with Crippen molar-refractivity contribution in [3.8, 4) is 5.75 Å². The van der Waals surface area contributed by atoms with E-state index < -0.39 is 0 Å². The van der Waals surface area contributed by atoms with Crippen LogP contribution in [0.1, 0.15) is 24.1 Å². The molecule has 0 spiro atoms. The predicted molar refractivity (Wildman–Crippen MR) is 84.7 cm³/mol. The minimum atomic E-state index is 0.129. The molecule has 0 aliphatic rings. The lowest BCUT2D eigenvalue weighted by Crippen LogP contribution is -2.19. The predicted octanol–water partition coefficient (Wildman–Crippen LogP) is 4.85. The second kappa shape index (κ2) is 6.98. The molecule has 0 amide bonds. The fourth-order valence-electron chi connectivity index (χ4n) is 2.09. The van der Waals surface area contributed by atoms with Gasteiger partial charge in [0, 0.05) is 28.2 Å². The largest absolute Gasteiger partial charge is 0.496 e. The van der Waals surface area contributed by atoms with Crippen molar-refractivity contribution in [1.82, 2.24) is 5.32 Å². The van der Waals surface area contributed by atoms with Gasteiger partial charge in [-0.3, -0.25) is 0 Å². The molecular weight excluding hydrogens is 293 g/mol. The van der Waals surface area contributed by atoms with Crippen LogP contribution >= 0.6 is 23.2 Å². The zero-order valence-electron chi connectivity index (χ0n) is 11.5. The van der Waals surface area contributed by atoms with Crippen molar-refractivity contribution in [1.29, 1.82) is 0 Å². The van der Waals surface area contributed by atoms with E-state index in [0.29, 0.717) is 11.6 Å². The van der Waals surface area contributed by atoms with Gasteiger partial charge >= 0.3 is 0 Å². The summed E-state index contributed by atoms with van der Waals surface area (Å²) in [5.74, 6) is 0.788. The zero-order chi connectivity index (χ0) is 14.5. The summed E-state index contributed by atoms with van der Waals surface area (Å²) >= 11 is 12.4. The van der Waals surface area contributed by atoms with Crippen molar-refractivity contribution >= 4 is 23.2 Å². The summed E-state index contributed by atoms with van der Waals surface area (Å²) in [7, 11) is 1.65. The first-order valence-electron chi connectivity index (χ1n) is 6.42. The van der Waals surface area contributed by atoms with Crippen LogP contribution in [-0.2, 0) is 6.54 Å². The monoisotopic (exact) mass is 309 g/mol. The van der Waals surface area contributed by atoms with E-state index in [2.05, 4.69) is 12.2 Å². The lowest BCUT2D eigenvalue weighted by Gasteiger charge is -2.17. The average molecular weight is 310 g/mol. The number of methoxy groups -OCH3 is 1. The molecule has 2 aromatic carbocycles. The summed E-state index contributed by atoms with van der Waals surface area (Å²) in [4.78, 5) is 0. The van der Waals surface area contributed by atoms with Crippen LogP contribution in [0.25, 0.3) is 0 Å². The Morgan fingerprint density at radius 3 is 2.45 bits per heavy atom. The van der Waals surface area contributed by atoms with Crippen LogP contribution in [0.3, 0.4) is 0 Å². The van der Waals surface area contributed by atoms with E-state index in [-0.39, 0.29) is 6.04 Å². The number of benzene rings is 2. The van der Waals surface area contributed by atoms with E-state index in [1.54, 1.807) is 7.11 Å². The highest BCUT2D eigenvalue weighted by atomic mass is 35.5. The summed E-state index contributed by atoms with van der Waals surface area (Å²) in [6.07, 6.45) is 0. The molecule has 0 bridgehead atoms. The van der Waals surface area contributed by atoms with E-state index in [0.717, 1.165) is 21.9 Å². The fourth-order valence-corrected chi connectivity index (χ4v) is 2.63. The highest BCUT2D eigenvalue weighted by molar-refractivity contribution is 6.31. The molecule has 0 unspecified atom stereocenters. The van der Waals surface area contributed by atoms with Crippen LogP contribution in [0.4, 0.5) is 0 Å². The Kier molecular flexibility index (Phi) is 5.30. The Bertz CT molecular complexity index is 586. The van der Waals surface area contributed by atoms with E-state index in [1.807, 2.05) is 42.5 Å². The van der Waals surface area contributed by atoms with Crippen LogP contribution in [0.15, 0.2) is 42.5 Å². The van der Waals surface area contributed by atoms with Crippen molar-refractivity contribution in [2.24, 2.45) is 0 Å². The Morgan fingerprint density at radius 1 is 1.05 bits per heavy atom. The SMILES string of the molecule is COc1cccc(Cl)c1CN[C@@H](C)c1ccccc1Cl. The van der Waals surface area contributed by atoms with Crippen LogP contribution in [-0.4, -0.2) is 7.11 Å². The maximum absolute atomic E-state index is 6.22. The quantitative estimate of drug-likeness (QED) is 0.852. The van der Waals surface area contributed by atoms with Gasteiger partial charge in [-0.15, -0.1) is 0 Å². The van der Waals surface area contributed by atoms with Gasteiger partial charge in [-0.25, -0.2) is 0 Å². The van der Waals surface area contributed by atoms with Gasteiger partial charge in [0.2, 0.25) is 0 Å². The molecule has 0 saturated heterocycles. The molecule has 2 rings (SSSR count). The summed E-state index contributed by atoms with van der Waals surface area (Å²) in [6, 6.07) is 13.6. The van der Waals surface area contributed by atoms with Crippen LogP contribution in [0.2, 0.25) is 10.0 Å². The molecule has 0 heterocycles. The molecule has 0 aliphatic carbocycles. The Morgan fingerprint density at radius 2 is 1.75 bits per heavy atom. The van der Waals surface area contributed by atoms with Gasteiger partial charge in [0.05, 0.1) is 7.11 Å². The van der Waals surface area contributed by atoms with Gasteiger partial charge in [-0.05, 0) is 30.7 Å². The normalized spacial score (nSPS) is 12.2. The standard InChI is InChI=1S/C16H17Cl2NO/c1-11(12-6-3-4-7-14(12)17)19-10-13-15(18)8-5-9-16(13)20-2/h3-9,11,19H,10H2,1-2H3/t11-/m0/s1. The first kappa shape index (κ1) is 15.2. The number of halogens is 2. The Balaban J connectivity index is 2.11. The van der Waals surface area contributed by atoms with E-state index >= 15 is 0 Å². The van der Waals surface area contributed by atoms with Crippen LogP contribution < -0.4 is 10.1 Å². The van der Waals surface area contributed by atoms with Gasteiger partial charge in [0.25, 0.3) is 0 Å². The minimum Gasteiger partial charge on any atom is -0.496 e. The van der Waals surface area contributed by atoms with E-state index in [9.17, 15) is 0 Å². The third kappa shape index (κ3) is 3.45. The van der Waals surface area contributed by atoms with Crippen molar-refractivity contribution in [2.45, 2.75) is 19.5 Å². The number of hydrogen-bond donors (Lipinski definition) is 1. The maximum atomic E-state index is 6.22.